The first-order valence-electron chi connectivity index (χ1n) is 13.0. The summed E-state index contributed by atoms with van der Waals surface area (Å²) >= 11 is 0. The Morgan fingerprint density at radius 2 is 1.95 bits per heavy atom. The quantitative estimate of drug-likeness (QED) is 0.330. The predicted octanol–water partition coefficient (Wildman–Crippen LogP) is 3.84. The number of pyridine rings is 2. The number of H-pyrrole nitrogens is 1. The van der Waals surface area contributed by atoms with Crippen LogP contribution < -0.4 is 15.4 Å². The lowest BCUT2D eigenvalue weighted by molar-refractivity contribution is -0.169. The Labute approximate surface area is 224 Å². The van der Waals surface area contributed by atoms with Crippen LogP contribution >= 0.6 is 0 Å². The zero-order chi connectivity index (χ0) is 26.8. The monoisotopic (exact) mass is 527 g/mol. The van der Waals surface area contributed by atoms with Crippen LogP contribution in [0.1, 0.15) is 30.1 Å². The van der Waals surface area contributed by atoms with Gasteiger partial charge in [0.15, 0.2) is 11.5 Å². The average molecular weight is 528 g/mol. The summed E-state index contributed by atoms with van der Waals surface area (Å²) in [6.07, 6.45) is 5.10. The number of aromatic amines is 1. The van der Waals surface area contributed by atoms with Crippen molar-refractivity contribution >= 4 is 34.5 Å². The van der Waals surface area contributed by atoms with Gasteiger partial charge < -0.3 is 25.0 Å². The van der Waals surface area contributed by atoms with Gasteiger partial charge in [-0.25, -0.2) is 9.97 Å². The minimum absolute atomic E-state index is 0.0451. The van der Waals surface area contributed by atoms with E-state index >= 15 is 0 Å². The van der Waals surface area contributed by atoms with Crippen LogP contribution in [0.2, 0.25) is 0 Å². The zero-order valence-corrected chi connectivity index (χ0v) is 21.5. The van der Waals surface area contributed by atoms with E-state index in [0.29, 0.717) is 54.1 Å². The molecule has 2 aliphatic heterocycles. The number of hydrogen-bond donors (Lipinski definition) is 3. The Morgan fingerprint density at radius 1 is 1.10 bits per heavy atom. The number of anilines is 2. The van der Waals surface area contributed by atoms with Crippen LogP contribution in [-0.2, 0) is 9.53 Å². The van der Waals surface area contributed by atoms with Crippen LogP contribution in [0.3, 0.4) is 0 Å². The second kappa shape index (κ2) is 10.3. The highest BCUT2D eigenvalue weighted by molar-refractivity contribution is 6.03. The summed E-state index contributed by atoms with van der Waals surface area (Å²) in [6.45, 7) is 4.27. The molecule has 0 radical (unpaired) electrons. The van der Waals surface area contributed by atoms with Crippen molar-refractivity contribution < 1.29 is 19.1 Å². The fourth-order valence-electron chi connectivity index (χ4n) is 4.92. The van der Waals surface area contributed by atoms with E-state index in [2.05, 4.69) is 30.8 Å². The van der Waals surface area contributed by atoms with E-state index in [1.165, 1.54) is 0 Å². The molecular formula is C28H29N7O4. The molecule has 3 N–H and O–H groups in total. The number of nitrogens with one attached hydrogen (secondary N) is 3. The third-order valence-corrected chi connectivity index (χ3v) is 7.08. The molecular weight excluding hydrogens is 498 g/mol. The second-order valence-corrected chi connectivity index (χ2v) is 10.2. The molecule has 1 atom stereocenters. The molecule has 2 fully saturated rings. The first-order chi connectivity index (χ1) is 19.0. The molecule has 11 heteroatoms. The van der Waals surface area contributed by atoms with Gasteiger partial charge in [0.25, 0.3) is 5.91 Å². The maximum atomic E-state index is 13.0. The van der Waals surface area contributed by atoms with Crippen LogP contribution in [0.25, 0.3) is 11.0 Å². The molecule has 2 aliphatic rings. The number of fused-ring (bicyclic) bond motifs is 1. The highest BCUT2D eigenvalue weighted by Gasteiger charge is 2.44. The number of amides is 2. The lowest BCUT2D eigenvalue weighted by atomic mass is 9.86. The van der Waals surface area contributed by atoms with Crippen LogP contribution in [0.15, 0.2) is 60.9 Å². The van der Waals surface area contributed by atoms with Crippen LogP contribution in [0, 0.1) is 5.41 Å². The summed E-state index contributed by atoms with van der Waals surface area (Å²) in [7, 11) is 0. The van der Waals surface area contributed by atoms with Gasteiger partial charge >= 0.3 is 0 Å². The molecule has 0 unspecified atom stereocenters. The topological polar surface area (TPSA) is 134 Å². The van der Waals surface area contributed by atoms with Gasteiger partial charge in [-0.3, -0.25) is 14.7 Å². The molecule has 2 amide bonds. The van der Waals surface area contributed by atoms with E-state index < -0.39 is 5.41 Å². The minimum atomic E-state index is -0.416. The molecule has 0 aliphatic carbocycles. The number of nitrogens with zero attached hydrogens (tertiary/aromatic N) is 4. The smallest absolute Gasteiger partial charge is 0.256 e. The average Bonchev–Trinajstić information content (AvgIpc) is 3.36. The molecule has 4 aromatic rings. The number of rotatable bonds is 7. The number of benzene rings is 1. The Bertz CT molecular complexity index is 1490. The van der Waals surface area contributed by atoms with Crippen molar-refractivity contribution in [2.24, 2.45) is 5.41 Å². The van der Waals surface area contributed by atoms with Crippen molar-refractivity contribution in [3.05, 3.63) is 66.5 Å². The number of piperidine rings is 1. The fourth-order valence-corrected chi connectivity index (χ4v) is 4.92. The van der Waals surface area contributed by atoms with Crippen LogP contribution in [-0.4, -0.2) is 69.2 Å². The number of aromatic nitrogens is 4. The third-order valence-electron chi connectivity index (χ3n) is 7.08. The summed E-state index contributed by atoms with van der Waals surface area (Å²) in [6, 6.07) is 14.0. The van der Waals surface area contributed by atoms with E-state index in [1.54, 1.807) is 54.9 Å². The number of ether oxygens (including phenoxy) is 2. The van der Waals surface area contributed by atoms with Gasteiger partial charge in [0.1, 0.15) is 22.7 Å². The largest absolute Gasteiger partial charge is 0.456 e. The van der Waals surface area contributed by atoms with E-state index in [1.807, 2.05) is 17.9 Å². The van der Waals surface area contributed by atoms with Crippen molar-refractivity contribution in [1.82, 2.24) is 25.1 Å². The van der Waals surface area contributed by atoms with Gasteiger partial charge in [0.2, 0.25) is 5.91 Å². The van der Waals surface area contributed by atoms with Gasteiger partial charge in [-0.2, -0.15) is 5.10 Å². The molecule has 0 bridgehead atoms. The molecule has 11 nitrogen and oxygen atoms in total. The fraction of sp³-hybridized carbons (Fsp3) is 0.321. The van der Waals surface area contributed by atoms with Crippen molar-refractivity contribution in [1.29, 1.82) is 0 Å². The summed E-state index contributed by atoms with van der Waals surface area (Å²) in [5, 5.41) is 14.4. The van der Waals surface area contributed by atoms with E-state index in [-0.39, 0.29) is 17.9 Å². The standard InChI is InChI=1S/C28H29N7O4/c1-28(16-38-17-28)27(37)35-14-4-5-19(15-35)31-25-23-21(11-13-30-24(23)33-34-25)39-20-9-7-18(8-10-20)26(36)32-22-6-2-3-12-29-22/h2-3,6-13,19H,4-5,14-17H2,1H3,(H,29,32,36)(H2,30,31,33,34)/t19-/m1/s1. The third kappa shape index (κ3) is 5.13. The lowest BCUT2D eigenvalue weighted by Gasteiger charge is -2.43. The van der Waals surface area contributed by atoms with Crippen molar-refractivity contribution in [2.45, 2.75) is 25.8 Å². The summed E-state index contributed by atoms with van der Waals surface area (Å²) in [5.74, 6) is 2.14. The molecule has 5 heterocycles. The highest BCUT2D eigenvalue weighted by Crippen LogP contribution is 2.34. The summed E-state index contributed by atoms with van der Waals surface area (Å²) in [4.78, 5) is 36.0. The Morgan fingerprint density at radius 3 is 2.69 bits per heavy atom. The normalized spacial score (nSPS) is 18.3. The van der Waals surface area contributed by atoms with Crippen LogP contribution in [0.4, 0.5) is 11.6 Å². The van der Waals surface area contributed by atoms with Crippen molar-refractivity contribution in [3.8, 4) is 11.5 Å². The Balaban J connectivity index is 1.15. The Kier molecular flexibility index (Phi) is 6.57. The molecule has 39 heavy (non-hydrogen) atoms. The van der Waals surface area contributed by atoms with Gasteiger partial charge in [0, 0.05) is 43.2 Å². The molecule has 0 spiro atoms. The van der Waals surface area contributed by atoms with Gasteiger partial charge in [-0.05, 0) is 56.2 Å². The first kappa shape index (κ1) is 24.8. The predicted molar refractivity (Wildman–Crippen MR) is 145 cm³/mol. The number of likely N-dealkylation sites (tertiary alicyclic amines) is 1. The van der Waals surface area contributed by atoms with Crippen LogP contribution in [0.5, 0.6) is 11.5 Å². The van der Waals surface area contributed by atoms with E-state index in [9.17, 15) is 9.59 Å². The van der Waals surface area contributed by atoms with Gasteiger partial charge in [0.05, 0.1) is 18.6 Å². The molecule has 0 saturated carbocycles. The Hall–Kier alpha value is -4.51. The molecule has 1 aromatic carbocycles. The first-order valence-corrected chi connectivity index (χ1v) is 13.0. The molecule has 3 aromatic heterocycles. The van der Waals surface area contributed by atoms with Crippen molar-refractivity contribution in [3.63, 3.8) is 0 Å². The summed E-state index contributed by atoms with van der Waals surface area (Å²) < 4.78 is 11.5. The SMILES string of the molecule is CC1(C(=O)N2CCC[C@@H](Nc3n[nH]c4nccc(Oc5ccc(C(=O)Nc6ccccn6)cc5)c34)C2)COC1. The maximum Gasteiger partial charge on any atom is 0.256 e. The maximum absolute atomic E-state index is 13.0. The number of carbonyl (C=O) groups is 2. The van der Waals surface area contributed by atoms with E-state index in [4.69, 9.17) is 9.47 Å². The number of carbonyl (C=O) groups excluding carboxylic acids is 2. The molecule has 2 saturated heterocycles. The zero-order valence-electron chi connectivity index (χ0n) is 21.5. The molecule has 6 rings (SSSR count). The molecule has 200 valence electrons. The van der Waals surface area contributed by atoms with Crippen molar-refractivity contribution in [2.75, 3.05) is 36.9 Å². The minimum Gasteiger partial charge on any atom is -0.456 e. The summed E-state index contributed by atoms with van der Waals surface area (Å²) in [5.41, 5.74) is 0.655. The second-order valence-electron chi connectivity index (χ2n) is 10.2. The number of hydrogen-bond acceptors (Lipinski definition) is 8. The van der Waals surface area contributed by atoms with Gasteiger partial charge in [-0.15, -0.1) is 0 Å². The lowest BCUT2D eigenvalue weighted by Crippen LogP contribution is -2.56. The van der Waals surface area contributed by atoms with E-state index in [0.717, 1.165) is 24.8 Å². The highest BCUT2D eigenvalue weighted by atomic mass is 16.5. The van der Waals surface area contributed by atoms with Gasteiger partial charge in [-0.1, -0.05) is 6.07 Å².